The first-order valence-corrected chi connectivity index (χ1v) is 8.87. The summed E-state index contributed by atoms with van der Waals surface area (Å²) in [6.07, 6.45) is 5.94. The van der Waals surface area contributed by atoms with E-state index < -0.39 is 0 Å². The molecule has 0 spiro atoms. The van der Waals surface area contributed by atoms with Crippen LogP contribution in [-0.4, -0.2) is 76.9 Å². The summed E-state index contributed by atoms with van der Waals surface area (Å²) in [7, 11) is 5.23. The molecular weight excluding hydrogens is 308 g/mol. The largest absolute Gasteiger partial charge is 0.385 e. The van der Waals surface area contributed by atoms with Crippen LogP contribution in [0.15, 0.2) is 4.99 Å². The Labute approximate surface area is 145 Å². The molecule has 7 heteroatoms. The predicted molar refractivity (Wildman–Crippen MR) is 94.1 cm³/mol. The van der Waals surface area contributed by atoms with Crippen LogP contribution in [0.1, 0.15) is 32.1 Å². The topological polar surface area (TPSA) is 75.2 Å². The first kappa shape index (κ1) is 19.0. The predicted octanol–water partition coefficient (Wildman–Crippen LogP) is 0.606. The molecular formula is C17H32N4O3. The third kappa shape index (κ3) is 6.28. The van der Waals surface area contributed by atoms with Gasteiger partial charge in [0, 0.05) is 47.5 Å². The lowest BCUT2D eigenvalue weighted by Crippen LogP contribution is -2.44. The summed E-state index contributed by atoms with van der Waals surface area (Å²) in [6, 6.07) is 0. The van der Waals surface area contributed by atoms with Crippen molar-refractivity contribution in [1.82, 2.24) is 15.5 Å². The van der Waals surface area contributed by atoms with E-state index in [9.17, 15) is 4.79 Å². The molecule has 2 rings (SSSR count). The molecule has 1 heterocycles. The molecule has 2 N–H and O–H groups in total. The van der Waals surface area contributed by atoms with Crippen molar-refractivity contribution >= 4 is 11.9 Å². The summed E-state index contributed by atoms with van der Waals surface area (Å²) >= 11 is 0. The van der Waals surface area contributed by atoms with Gasteiger partial charge in [-0.1, -0.05) is 0 Å². The number of nitrogens with zero attached hydrogens (tertiary/aromatic N) is 2. The zero-order valence-electron chi connectivity index (χ0n) is 15.3. The van der Waals surface area contributed by atoms with E-state index in [1.807, 2.05) is 0 Å². The normalized spacial score (nSPS) is 22.3. The molecule has 1 amide bonds. The fourth-order valence-corrected chi connectivity index (χ4v) is 2.76. The number of hydrogen-bond donors (Lipinski definition) is 2. The fourth-order valence-electron chi connectivity index (χ4n) is 2.76. The van der Waals surface area contributed by atoms with Crippen LogP contribution >= 0.6 is 0 Å². The molecule has 138 valence electrons. The van der Waals surface area contributed by atoms with E-state index in [2.05, 4.69) is 15.6 Å². The van der Waals surface area contributed by atoms with Crippen LogP contribution in [0, 0.1) is 5.41 Å². The third-order valence-corrected chi connectivity index (χ3v) is 4.82. The molecule has 1 saturated heterocycles. The summed E-state index contributed by atoms with van der Waals surface area (Å²) in [5.74, 6) is 0.693. The van der Waals surface area contributed by atoms with Gasteiger partial charge in [-0.2, -0.15) is 0 Å². The molecule has 1 saturated carbocycles. The number of hydrogen-bond acceptors (Lipinski definition) is 4. The number of methoxy groups -OCH3 is 1. The van der Waals surface area contributed by atoms with Gasteiger partial charge in [-0.3, -0.25) is 4.79 Å². The molecule has 0 aromatic heterocycles. The van der Waals surface area contributed by atoms with Crippen LogP contribution in [0.25, 0.3) is 0 Å². The van der Waals surface area contributed by atoms with Gasteiger partial charge in [-0.25, -0.2) is 4.99 Å². The second-order valence-corrected chi connectivity index (χ2v) is 7.07. The molecule has 2 aliphatic rings. The standard InChI is InChI=1S/C17H32N4O3/c1-21(2)15(22)12-19-16(18-11-14-5-4-9-24-14)20-13-17(6-7-17)8-10-23-3/h14H,4-13H2,1-3H3,(H2,18,19,20). The second kappa shape index (κ2) is 9.22. The number of amides is 1. The molecule has 0 radical (unpaired) electrons. The highest BCUT2D eigenvalue weighted by Gasteiger charge is 2.41. The number of nitrogens with one attached hydrogen (secondary N) is 2. The minimum atomic E-state index is -0.00580. The molecule has 0 aromatic rings. The number of rotatable bonds is 9. The molecule has 1 atom stereocenters. The van der Waals surface area contributed by atoms with Crippen LogP contribution in [0.3, 0.4) is 0 Å². The van der Waals surface area contributed by atoms with Crippen LogP contribution in [0.2, 0.25) is 0 Å². The van der Waals surface area contributed by atoms with Crippen LogP contribution in [0.4, 0.5) is 0 Å². The van der Waals surface area contributed by atoms with Crippen molar-refractivity contribution in [3.63, 3.8) is 0 Å². The van der Waals surface area contributed by atoms with Crippen LogP contribution in [0.5, 0.6) is 0 Å². The van der Waals surface area contributed by atoms with E-state index in [0.29, 0.717) is 11.4 Å². The molecule has 0 bridgehead atoms. The Kier molecular flexibility index (Phi) is 7.30. The molecule has 1 aliphatic carbocycles. The smallest absolute Gasteiger partial charge is 0.243 e. The van der Waals surface area contributed by atoms with E-state index in [4.69, 9.17) is 9.47 Å². The maximum Gasteiger partial charge on any atom is 0.243 e. The zero-order valence-corrected chi connectivity index (χ0v) is 15.3. The van der Waals surface area contributed by atoms with Gasteiger partial charge < -0.3 is 25.0 Å². The van der Waals surface area contributed by atoms with Gasteiger partial charge in [-0.15, -0.1) is 0 Å². The maximum atomic E-state index is 11.8. The van der Waals surface area contributed by atoms with E-state index in [0.717, 1.165) is 45.6 Å². The van der Waals surface area contributed by atoms with Gasteiger partial charge >= 0.3 is 0 Å². The van der Waals surface area contributed by atoms with Gasteiger partial charge in [-0.05, 0) is 37.5 Å². The summed E-state index contributed by atoms with van der Waals surface area (Å²) in [5.41, 5.74) is 0.327. The SMILES string of the molecule is COCCC1(CNC(=NCC(=O)N(C)C)NCC2CCCO2)CC1. The number of guanidine groups is 1. The van der Waals surface area contributed by atoms with Gasteiger partial charge in [0.1, 0.15) is 6.54 Å². The highest BCUT2D eigenvalue weighted by Crippen LogP contribution is 2.48. The average molecular weight is 340 g/mol. The Balaban J connectivity index is 1.83. The first-order valence-electron chi connectivity index (χ1n) is 8.87. The minimum Gasteiger partial charge on any atom is -0.385 e. The molecule has 24 heavy (non-hydrogen) atoms. The van der Waals surface area contributed by atoms with Crippen LogP contribution in [-0.2, 0) is 14.3 Å². The summed E-state index contributed by atoms with van der Waals surface area (Å²) in [6.45, 7) is 3.37. The Morgan fingerprint density at radius 3 is 2.75 bits per heavy atom. The Morgan fingerprint density at radius 2 is 2.17 bits per heavy atom. The lowest BCUT2D eigenvalue weighted by molar-refractivity contribution is -0.127. The molecule has 2 fully saturated rings. The van der Waals surface area contributed by atoms with Gasteiger partial charge in [0.15, 0.2) is 5.96 Å². The fraction of sp³-hybridized carbons (Fsp3) is 0.882. The zero-order chi connectivity index (χ0) is 17.4. The second-order valence-electron chi connectivity index (χ2n) is 7.07. The molecule has 1 aliphatic heterocycles. The monoisotopic (exact) mass is 340 g/mol. The van der Waals surface area contributed by atoms with Crippen molar-refractivity contribution in [2.45, 2.75) is 38.2 Å². The van der Waals surface area contributed by atoms with Crippen molar-refractivity contribution in [2.75, 3.05) is 54.1 Å². The number of ether oxygens (including phenoxy) is 2. The van der Waals surface area contributed by atoms with Crippen molar-refractivity contribution in [1.29, 1.82) is 0 Å². The average Bonchev–Trinajstić information content (AvgIpc) is 3.14. The van der Waals surface area contributed by atoms with Crippen molar-refractivity contribution < 1.29 is 14.3 Å². The molecule has 7 nitrogen and oxygen atoms in total. The Bertz CT molecular complexity index is 430. The Morgan fingerprint density at radius 1 is 1.38 bits per heavy atom. The number of aliphatic imine (C=N–C) groups is 1. The highest BCUT2D eigenvalue weighted by atomic mass is 16.5. The van der Waals surface area contributed by atoms with E-state index in [-0.39, 0.29) is 18.6 Å². The highest BCUT2D eigenvalue weighted by molar-refractivity contribution is 5.84. The van der Waals surface area contributed by atoms with Gasteiger partial charge in [0.05, 0.1) is 6.10 Å². The van der Waals surface area contributed by atoms with E-state index in [1.54, 1.807) is 26.1 Å². The summed E-state index contributed by atoms with van der Waals surface area (Å²) < 4.78 is 10.8. The lowest BCUT2D eigenvalue weighted by atomic mass is 10.0. The molecule has 1 unspecified atom stereocenters. The third-order valence-electron chi connectivity index (χ3n) is 4.82. The summed E-state index contributed by atoms with van der Waals surface area (Å²) in [5, 5.41) is 6.73. The van der Waals surface area contributed by atoms with E-state index >= 15 is 0 Å². The quantitative estimate of drug-likeness (QED) is 0.475. The van der Waals surface area contributed by atoms with Crippen molar-refractivity contribution in [3.8, 4) is 0 Å². The summed E-state index contributed by atoms with van der Waals surface area (Å²) in [4.78, 5) is 17.8. The number of carbonyl (C=O) groups excluding carboxylic acids is 1. The lowest BCUT2D eigenvalue weighted by Gasteiger charge is -2.20. The van der Waals surface area contributed by atoms with Crippen LogP contribution < -0.4 is 10.6 Å². The van der Waals surface area contributed by atoms with E-state index in [1.165, 1.54) is 12.8 Å². The number of likely N-dealkylation sites (N-methyl/N-ethyl adjacent to an activating group) is 1. The minimum absolute atomic E-state index is 0.00580. The maximum absolute atomic E-state index is 11.8. The Hall–Kier alpha value is -1.34. The molecule has 0 aromatic carbocycles. The van der Waals surface area contributed by atoms with Gasteiger partial charge in [0.2, 0.25) is 5.91 Å². The number of carbonyl (C=O) groups is 1. The van der Waals surface area contributed by atoms with Gasteiger partial charge in [0.25, 0.3) is 0 Å². The van der Waals surface area contributed by atoms with Crippen molar-refractivity contribution in [2.24, 2.45) is 10.4 Å². The first-order chi connectivity index (χ1) is 11.5. The van der Waals surface area contributed by atoms with Crippen molar-refractivity contribution in [3.05, 3.63) is 0 Å².